The first-order valence-electron chi connectivity index (χ1n) is 10.8. The molecule has 2 heterocycles. The number of hydrogen-bond donors (Lipinski definition) is 1. The second kappa shape index (κ2) is 8.93. The summed E-state index contributed by atoms with van der Waals surface area (Å²) in [7, 11) is -3.32. The molecule has 1 saturated heterocycles. The van der Waals surface area contributed by atoms with Crippen molar-refractivity contribution in [2.45, 2.75) is 29.7 Å². The van der Waals surface area contributed by atoms with Crippen molar-refractivity contribution in [1.82, 2.24) is 14.8 Å². The molecule has 1 N–H and O–H groups in total. The van der Waals surface area contributed by atoms with Crippen LogP contribution in [0.25, 0.3) is 0 Å². The van der Waals surface area contributed by atoms with Gasteiger partial charge in [0.25, 0.3) is 5.91 Å². The number of piperazine rings is 1. The minimum absolute atomic E-state index is 0.170. The van der Waals surface area contributed by atoms with Gasteiger partial charge < -0.3 is 14.9 Å². The third kappa shape index (κ3) is 4.75. The van der Waals surface area contributed by atoms with Crippen LogP contribution in [0.5, 0.6) is 0 Å². The second-order valence-electron chi connectivity index (χ2n) is 8.42. The molecule has 2 aliphatic rings. The Morgan fingerprint density at radius 1 is 1.00 bits per heavy atom. The highest BCUT2D eigenvalue weighted by Crippen LogP contribution is 2.37. The molecule has 2 aromatic rings. The predicted octanol–water partition coefficient (Wildman–Crippen LogP) is 1.70. The Labute approximate surface area is 192 Å². The quantitative estimate of drug-likeness (QED) is 0.522. The van der Waals surface area contributed by atoms with Crippen molar-refractivity contribution in [3.8, 4) is 0 Å². The largest absolute Gasteiger partial charge is 0.479 e. The summed E-state index contributed by atoms with van der Waals surface area (Å²) in [6.07, 6.45) is 4.60. The Kier molecular flexibility index (Phi) is 6.20. The van der Waals surface area contributed by atoms with Crippen LogP contribution in [0, 0.1) is 0 Å². The first-order valence-corrected chi connectivity index (χ1v) is 12.7. The van der Waals surface area contributed by atoms with Gasteiger partial charge in [-0.1, -0.05) is 6.07 Å². The maximum atomic E-state index is 12.9. The molecule has 9 nitrogen and oxygen atoms in total. The van der Waals surface area contributed by atoms with E-state index in [1.54, 1.807) is 17.2 Å². The van der Waals surface area contributed by atoms with E-state index in [0.29, 0.717) is 56.1 Å². The number of aliphatic imine (C=N–C) groups is 1. The van der Waals surface area contributed by atoms with Crippen LogP contribution in [0.4, 0.5) is 0 Å². The Morgan fingerprint density at radius 3 is 2.12 bits per heavy atom. The third-order valence-corrected chi connectivity index (χ3v) is 7.32. The molecule has 1 aliphatic heterocycles. The molecule has 0 spiro atoms. The molecule has 0 unspecified atom stereocenters. The molecule has 2 fully saturated rings. The number of pyridine rings is 1. The SMILES string of the molecule is CS(=O)(=O)c1ccc(C(=O)N2CCN(C(=NC3(C(=O)O)CCC3)c3ccccn3)CC2)cc1. The first-order chi connectivity index (χ1) is 15.7. The van der Waals surface area contributed by atoms with E-state index in [1.807, 2.05) is 17.0 Å². The summed E-state index contributed by atoms with van der Waals surface area (Å²) in [5.41, 5.74) is -0.0730. The minimum atomic E-state index is -3.32. The van der Waals surface area contributed by atoms with Crippen molar-refractivity contribution in [3.05, 3.63) is 59.9 Å². The maximum Gasteiger partial charge on any atom is 0.331 e. The Hall–Kier alpha value is -3.27. The summed E-state index contributed by atoms with van der Waals surface area (Å²) in [5, 5.41) is 9.75. The number of aromatic nitrogens is 1. The van der Waals surface area contributed by atoms with Crippen molar-refractivity contribution < 1.29 is 23.1 Å². The van der Waals surface area contributed by atoms with Crippen molar-refractivity contribution in [3.63, 3.8) is 0 Å². The topological polar surface area (TPSA) is 120 Å². The lowest BCUT2D eigenvalue weighted by molar-refractivity contribution is -0.146. The summed E-state index contributed by atoms with van der Waals surface area (Å²) in [5.74, 6) is -0.553. The highest BCUT2D eigenvalue weighted by atomic mass is 32.2. The van der Waals surface area contributed by atoms with Gasteiger partial charge in [-0.25, -0.2) is 18.2 Å². The molecule has 1 amide bonds. The van der Waals surface area contributed by atoms with Crippen molar-refractivity contribution in [2.75, 3.05) is 32.4 Å². The van der Waals surface area contributed by atoms with Gasteiger partial charge in [0.1, 0.15) is 5.69 Å². The van der Waals surface area contributed by atoms with Crippen molar-refractivity contribution in [2.24, 2.45) is 4.99 Å². The van der Waals surface area contributed by atoms with Gasteiger partial charge in [0.2, 0.25) is 0 Å². The average Bonchev–Trinajstić information content (AvgIpc) is 2.78. The fourth-order valence-electron chi connectivity index (χ4n) is 4.02. The van der Waals surface area contributed by atoms with Crippen LogP contribution < -0.4 is 0 Å². The smallest absolute Gasteiger partial charge is 0.331 e. The van der Waals surface area contributed by atoms with Gasteiger partial charge in [-0.05, 0) is 55.7 Å². The fraction of sp³-hybridized carbons (Fsp3) is 0.391. The number of amidine groups is 1. The summed E-state index contributed by atoms with van der Waals surface area (Å²) in [6, 6.07) is 11.4. The number of benzene rings is 1. The van der Waals surface area contributed by atoms with Gasteiger partial charge in [-0.15, -0.1) is 0 Å². The number of hydrogen-bond acceptors (Lipinski definition) is 6. The molecule has 0 atom stereocenters. The van der Waals surface area contributed by atoms with Gasteiger partial charge in [0.05, 0.1) is 4.90 Å². The molecular formula is C23H26N4O5S. The van der Waals surface area contributed by atoms with E-state index in [1.165, 1.54) is 24.3 Å². The van der Waals surface area contributed by atoms with E-state index in [4.69, 9.17) is 0 Å². The molecule has 4 rings (SSSR count). The Bertz CT molecular complexity index is 1170. The van der Waals surface area contributed by atoms with Crippen LogP contribution in [0.1, 0.15) is 35.3 Å². The zero-order valence-electron chi connectivity index (χ0n) is 18.3. The van der Waals surface area contributed by atoms with Crippen LogP contribution >= 0.6 is 0 Å². The molecule has 0 radical (unpaired) electrons. The summed E-state index contributed by atoms with van der Waals surface area (Å²) >= 11 is 0. The molecule has 0 bridgehead atoms. The van der Waals surface area contributed by atoms with Crippen LogP contribution in [0.3, 0.4) is 0 Å². The van der Waals surface area contributed by atoms with E-state index in [2.05, 4.69) is 9.98 Å². The summed E-state index contributed by atoms with van der Waals surface area (Å²) in [4.78, 5) is 37.8. The van der Waals surface area contributed by atoms with Crippen LogP contribution in [-0.4, -0.2) is 84.0 Å². The number of amides is 1. The lowest BCUT2D eigenvalue weighted by atomic mass is 9.77. The Morgan fingerprint density at radius 2 is 1.64 bits per heavy atom. The van der Waals surface area contributed by atoms with E-state index in [-0.39, 0.29) is 10.8 Å². The fourth-order valence-corrected chi connectivity index (χ4v) is 4.65. The van der Waals surface area contributed by atoms with E-state index < -0.39 is 21.3 Å². The van der Waals surface area contributed by atoms with E-state index in [0.717, 1.165) is 12.7 Å². The lowest BCUT2D eigenvalue weighted by Gasteiger charge is -2.39. The maximum absolute atomic E-state index is 12.9. The minimum Gasteiger partial charge on any atom is -0.479 e. The average molecular weight is 471 g/mol. The van der Waals surface area contributed by atoms with E-state index >= 15 is 0 Å². The van der Waals surface area contributed by atoms with Crippen LogP contribution in [-0.2, 0) is 14.6 Å². The second-order valence-corrected chi connectivity index (χ2v) is 10.4. The molecule has 1 aliphatic carbocycles. The number of sulfone groups is 1. The predicted molar refractivity (Wildman–Crippen MR) is 122 cm³/mol. The molecule has 1 aromatic carbocycles. The molecule has 1 saturated carbocycles. The van der Waals surface area contributed by atoms with E-state index in [9.17, 15) is 23.1 Å². The van der Waals surface area contributed by atoms with Crippen molar-refractivity contribution in [1.29, 1.82) is 0 Å². The normalized spacial score (nSPS) is 18.5. The number of rotatable bonds is 5. The van der Waals surface area contributed by atoms with Crippen LogP contribution in [0.2, 0.25) is 0 Å². The highest BCUT2D eigenvalue weighted by molar-refractivity contribution is 7.90. The van der Waals surface area contributed by atoms with Gasteiger partial charge >= 0.3 is 5.97 Å². The van der Waals surface area contributed by atoms with Gasteiger partial charge in [-0.2, -0.15) is 0 Å². The molecule has 1 aromatic heterocycles. The number of carboxylic acids is 1. The van der Waals surface area contributed by atoms with Crippen LogP contribution in [0.15, 0.2) is 58.5 Å². The Balaban J connectivity index is 1.51. The monoisotopic (exact) mass is 470 g/mol. The lowest BCUT2D eigenvalue weighted by Crippen LogP contribution is -2.52. The van der Waals surface area contributed by atoms with Gasteiger partial charge in [-0.3, -0.25) is 9.78 Å². The zero-order chi connectivity index (χ0) is 23.6. The van der Waals surface area contributed by atoms with Crippen molar-refractivity contribution >= 4 is 27.5 Å². The third-order valence-electron chi connectivity index (χ3n) is 6.19. The van der Waals surface area contributed by atoms with Gasteiger partial charge in [0, 0.05) is 44.2 Å². The summed E-state index contributed by atoms with van der Waals surface area (Å²) in [6.45, 7) is 1.83. The number of carbonyl (C=O) groups excluding carboxylic acids is 1. The summed E-state index contributed by atoms with van der Waals surface area (Å²) < 4.78 is 23.3. The first kappa shape index (κ1) is 22.9. The molecule has 174 valence electrons. The number of nitrogens with zero attached hydrogens (tertiary/aromatic N) is 4. The molecular weight excluding hydrogens is 444 g/mol. The number of carbonyl (C=O) groups is 2. The standard InChI is InChI=1S/C23H26N4O5S/c1-33(31,32)18-8-6-17(7-9-18)21(28)27-15-13-26(14-16-27)20(19-5-2-3-12-24-19)25-23(22(29)30)10-4-11-23/h2-3,5-9,12H,4,10-11,13-16H2,1H3,(H,29,30). The molecule has 10 heteroatoms. The number of aliphatic carboxylic acids is 1. The number of carboxylic acid groups (broad SMARTS) is 1. The molecule has 33 heavy (non-hydrogen) atoms. The highest BCUT2D eigenvalue weighted by Gasteiger charge is 2.45. The zero-order valence-corrected chi connectivity index (χ0v) is 19.2. The van der Waals surface area contributed by atoms with Gasteiger partial charge in [0.15, 0.2) is 21.2 Å².